The van der Waals surface area contributed by atoms with E-state index >= 15 is 0 Å². The van der Waals surface area contributed by atoms with Gasteiger partial charge in [0.05, 0.1) is 16.1 Å². The molecule has 0 aliphatic carbocycles. The van der Waals surface area contributed by atoms with E-state index in [4.69, 9.17) is 19.4 Å². The van der Waals surface area contributed by atoms with Gasteiger partial charge in [0.1, 0.15) is 5.69 Å². The van der Waals surface area contributed by atoms with Gasteiger partial charge in [-0.3, -0.25) is 0 Å². The molecule has 162 valence electrons. The maximum absolute atomic E-state index is 13.2. The van der Waals surface area contributed by atoms with E-state index in [1.54, 1.807) is 0 Å². The molecule has 15 heteroatoms. The third kappa shape index (κ3) is 4.34. The molecule has 0 saturated heterocycles. The Labute approximate surface area is 176 Å². The highest BCUT2D eigenvalue weighted by Crippen LogP contribution is 2.34. The molecule has 2 radical (unpaired) electrons. The lowest BCUT2D eigenvalue weighted by Crippen LogP contribution is -2.63. The highest BCUT2D eigenvalue weighted by atomic mass is 35.5. The smallest absolute Gasteiger partial charge is 0.357 e. The second-order valence-electron chi connectivity index (χ2n) is 6.19. The Morgan fingerprint density at radius 1 is 1.00 bits per heavy atom. The zero-order valence-corrected chi connectivity index (χ0v) is 15.7. The molecule has 0 aliphatic rings. The molecular formula is C16H11BClF3N4O6. The van der Waals surface area contributed by atoms with Crippen molar-refractivity contribution in [2.45, 2.75) is 18.1 Å². The van der Waals surface area contributed by atoms with E-state index in [1.165, 1.54) is 24.3 Å². The molecule has 0 spiro atoms. The quantitative estimate of drug-likeness (QED) is 0.260. The Kier molecular flexibility index (Phi) is 5.50. The fourth-order valence-electron chi connectivity index (χ4n) is 2.78. The van der Waals surface area contributed by atoms with Gasteiger partial charge < -0.3 is 25.5 Å². The Morgan fingerprint density at radius 2 is 1.61 bits per heavy atom. The first-order chi connectivity index (χ1) is 14.1. The summed E-state index contributed by atoms with van der Waals surface area (Å²) in [6, 6.07) is 6.65. The van der Waals surface area contributed by atoms with Crippen LogP contribution in [-0.2, 0) is 6.18 Å². The lowest BCUT2D eigenvalue weighted by Gasteiger charge is -2.39. The number of anilines is 1. The van der Waals surface area contributed by atoms with E-state index in [0.29, 0.717) is 16.7 Å². The molecule has 0 atom stereocenters. The highest BCUT2D eigenvalue weighted by molar-refractivity contribution is 6.32. The van der Waals surface area contributed by atoms with Gasteiger partial charge in [-0.25, -0.2) is 19.2 Å². The molecule has 10 nitrogen and oxygen atoms in total. The highest BCUT2D eigenvalue weighted by Gasteiger charge is 2.44. The molecule has 0 amide bonds. The summed E-state index contributed by atoms with van der Waals surface area (Å²) < 4.78 is 40.3. The predicted octanol–water partition coefficient (Wildman–Crippen LogP) is -0.388. The summed E-state index contributed by atoms with van der Waals surface area (Å²) in [4.78, 5) is 19.0. The third-order valence-corrected chi connectivity index (χ3v) is 4.26. The maximum atomic E-state index is 13.2. The third-order valence-electron chi connectivity index (χ3n) is 3.95. The fraction of sp³-hybridized carbons (Fsp3) is 0.188. The molecule has 31 heavy (non-hydrogen) atoms. The number of para-hydroxylation sites is 1. The maximum Gasteiger partial charge on any atom is 0.433 e. The van der Waals surface area contributed by atoms with Gasteiger partial charge in [-0.05, 0) is 24.3 Å². The summed E-state index contributed by atoms with van der Waals surface area (Å²) in [5, 5.41) is 47.1. The first-order valence-electron chi connectivity index (χ1n) is 8.09. The number of aromatic nitrogens is 3. The number of pyridine rings is 1. The molecule has 2 heterocycles. The van der Waals surface area contributed by atoms with Crippen LogP contribution in [0.15, 0.2) is 41.2 Å². The van der Waals surface area contributed by atoms with Crippen molar-refractivity contribution < 1.29 is 38.7 Å². The van der Waals surface area contributed by atoms with Crippen LogP contribution >= 0.6 is 11.6 Å². The van der Waals surface area contributed by atoms with Crippen molar-refractivity contribution in [2.24, 2.45) is 0 Å². The van der Waals surface area contributed by atoms with Crippen molar-refractivity contribution in [3.05, 3.63) is 57.6 Å². The molecular weight excluding hydrogens is 447 g/mol. The first kappa shape index (κ1) is 22.9. The van der Waals surface area contributed by atoms with Crippen molar-refractivity contribution in [3.63, 3.8) is 0 Å². The van der Waals surface area contributed by atoms with E-state index in [1.807, 2.05) is 0 Å². The molecule has 0 saturated carbocycles. The number of hydrogen-bond donors (Lipinski definition) is 5. The van der Waals surface area contributed by atoms with Crippen LogP contribution in [-0.4, -0.2) is 59.8 Å². The fourth-order valence-corrected chi connectivity index (χ4v) is 3.00. The number of hydrogen-bond acceptors (Lipinski definition) is 9. The molecule has 2 aromatic heterocycles. The topological polar surface area (TPSA) is 152 Å². The first-order valence-corrected chi connectivity index (χ1v) is 8.47. The van der Waals surface area contributed by atoms with Crippen molar-refractivity contribution in [2.75, 3.05) is 4.90 Å². The van der Waals surface area contributed by atoms with Crippen LogP contribution in [0.25, 0.3) is 16.7 Å². The molecule has 3 aromatic rings. The molecule has 0 fully saturated rings. The van der Waals surface area contributed by atoms with Crippen LogP contribution in [0.5, 0.6) is 0 Å². The van der Waals surface area contributed by atoms with Crippen molar-refractivity contribution in [1.29, 1.82) is 0 Å². The Balaban J connectivity index is 2.51. The minimum Gasteiger partial charge on any atom is -0.357 e. The zero-order valence-electron chi connectivity index (χ0n) is 15.0. The lowest BCUT2D eigenvalue weighted by molar-refractivity contribution is -0.335. The summed E-state index contributed by atoms with van der Waals surface area (Å²) in [7, 11) is 5.00. The SMILES string of the molecule is [B]C(O)(O)N(c1nc(=O)n(-c2ccccc2Cl)c2nc(C(F)(F)F)ccc12)C(O)(O)O. The average Bonchev–Trinajstić information content (AvgIpc) is 2.59. The Morgan fingerprint density at radius 3 is 2.13 bits per heavy atom. The summed E-state index contributed by atoms with van der Waals surface area (Å²) in [5.74, 6) is -4.84. The van der Waals surface area contributed by atoms with Crippen LogP contribution in [0, 0.1) is 0 Å². The second kappa shape index (κ2) is 7.44. The minimum atomic E-state index is -4.95. The predicted molar refractivity (Wildman–Crippen MR) is 99.9 cm³/mol. The van der Waals surface area contributed by atoms with Gasteiger partial charge >= 0.3 is 18.0 Å². The molecule has 3 rings (SSSR count). The van der Waals surface area contributed by atoms with Crippen LogP contribution in [0.2, 0.25) is 5.02 Å². The number of nitrogens with zero attached hydrogens (tertiary/aromatic N) is 4. The monoisotopic (exact) mass is 458 g/mol. The van der Waals surface area contributed by atoms with E-state index in [-0.39, 0.29) is 10.7 Å². The van der Waals surface area contributed by atoms with Crippen molar-refractivity contribution in [1.82, 2.24) is 14.5 Å². The summed E-state index contributed by atoms with van der Waals surface area (Å²) >= 11 is 6.04. The molecule has 0 unspecified atom stereocenters. The van der Waals surface area contributed by atoms with Crippen LogP contribution in [0.3, 0.4) is 0 Å². The summed E-state index contributed by atoms with van der Waals surface area (Å²) in [6.07, 6.45) is -9.05. The van der Waals surface area contributed by atoms with Crippen molar-refractivity contribution >= 4 is 36.3 Å². The van der Waals surface area contributed by atoms with Crippen LogP contribution in [0.1, 0.15) is 5.69 Å². The number of benzene rings is 1. The Hall–Kier alpha value is -2.75. The normalized spacial score (nSPS) is 12.9. The molecule has 0 aliphatic heterocycles. The van der Waals surface area contributed by atoms with Gasteiger partial charge in [-0.1, -0.05) is 23.7 Å². The van der Waals surface area contributed by atoms with Gasteiger partial charge in [0.15, 0.2) is 25.1 Å². The standard InChI is InChI=1S/C16H11BClF3N4O6/c17-15(27,28)25(16(29,30)31)12-7-5-6-10(14(19,20)21)22-11(7)24(13(26)23-12)9-4-2-1-3-8(9)18/h1-6,27-31H. The number of aliphatic hydroxyl groups is 5. The lowest BCUT2D eigenvalue weighted by atomic mass is 10.0. The van der Waals surface area contributed by atoms with Gasteiger partial charge in [-0.15, -0.1) is 0 Å². The zero-order chi connectivity index (χ0) is 23.4. The number of alkyl halides is 3. The van der Waals surface area contributed by atoms with E-state index in [0.717, 1.165) is 0 Å². The van der Waals surface area contributed by atoms with Crippen LogP contribution in [0.4, 0.5) is 19.0 Å². The number of fused-ring (bicyclic) bond motifs is 1. The van der Waals surface area contributed by atoms with Crippen molar-refractivity contribution in [3.8, 4) is 5.69 Å². The molecule has 0 bridgehead atoms. The molecule has 1 aromatic carbocycles. The van der Waals surface area contributed by atoms with E-state index in [2.05, 4.69) is 9.97 Å². The number of rotatable bonds is 4. The summed E-state index contributed by atoms with van der Waals surface area (Å²) in [5.41, 5.74) is -3.72. The second-order valence-corrected chi connectivity index (χ2v) is 6.60. The van der Waals surface area contributed by atoms with E-state index in [9.17, 15) is 43.5 Å². The van der Waals surface area contributed by atoms with Gasteiger partial charge in [0, 0.05) is 0 Å². The molecule has 5 N–H and O–H groups in total. The van der Waals surface area contributed by atoms with Crippen LogP contribution < -0.4 is 10.6 Å². The van der Waals surface area contributed by atoms with Gasteiger partial charge in [0.25, 0.3) is 0 Å². The van der Waals surface area contributed by atoms with Gasteiger partial charge in [-0.2, -0.15) is 18.2 Å². The average molecular weight is 459 g/mol. The largest absolute Gasteiger partial charge is 0.433 e. The Bertz CT molecular complexity index is 1200. The summed E-state index contributed by atoms with van der Waals surface area (Å²) in [6.45, 7) is 0. The van der Waals surface area contributed by atoms with Gasteiger partial charge in [0.2, 0.25) is 0 Å². The van der Waals surface area contributed by atoms with E-state index < -0.39 is 51.2 Å². The minimum absolute atomic E-state index is 0.0742. The number of halogens is 4.